The van der Waals surface area contributed by atoms with Crippen LogP contribution >= 0.6 is 0 Å². The highest BCUT2D eigenvalue weighted by Crippen LogP contribution is 2.22. The van der Waals surface area contributed by atoms with Crippen molar-refractivity contribution in [3.05, 3.63) is 30.1 Å². The second kappa shape index (κ2) is 3.61. The quantitative estimate of drug-likeness (QED) is 0.691. The minimum atomic E-state index is -0.422. The highest BCUT2D eigenvalue weighted by atomic mass is 16.5. The third kappa shape index (κ3) is 1.41. The van der Waals surface area contributed by atoms with Gasteiger partial charge in [0.25, 0.3) is 0 Å². The number of aromatic nitrogens is 2. The Bertz CT molecular complexity index is 504. The maximum absolute atomic E-state index is 11.4. The summed E-state index contributed by atoms with van der Waals surface area (Å²) in [5.74, 6) is 0.171. The van der Waals surface area contributed by atoms with Gasteiger partial charge in [0, 0.05) is 6.20 Å². The zero-order chi connectivity index (χ0) is 10.8. The van der Waals surface area contributed by atoms with Crippen LogP contribution in [0.3, 0.4) is 0 Å². The average molecular weight is 206 g/mol. The summed E-state index contributed by atoms with van der Waals surface area (Å²) in [6.45, 7) is 0. The van der Waals surface area contributed by atoms with Crippen molar-refractivity contribution in [2.45, 2.75) is 0 Å². The van der Waals surface area contributed by atoms with E-state index < -0.39 is 5.97 Å². The van der Waals surface area contributed by atoms with E-state index in [0.717, 1.165) is 0 Å². The summed E-state index contributed by atoms with van der Waals surface area (Å²) in [6, 6.07) is 3.56. The highest BCUT2D eigenvalue weighted by molar-refractivity contribution is 5.98. The lowest BCUT2D eigenvalue weighted by molar-refractivity contribution is 0.0602. The van der Waals surface area contributed by atoms with E-state index in [4.69, 9.17) is 4.74 Å². The number of methoxy groups -OCH3 is 2. The van der Waals surface area contributed by atoms with Crippen LogP contribution in [-0.2, 0) is 4.74 Å². The predicted molar refractivity (Wildman–Crippen MR) is 53.1 cm³/mol. The summed E-state index contributed by atoms with van der Waals surface area (Å²) >= 11 is 0. The molecule has 0 fully saturated rings. The number of pyridine rings is 1. The number of ether oxygens (including phenoxy) is 2. The number of fused-ring (bicyclic) bond motifs is 1. The van der Waals surface area contributed by atoms with E-state index in [1.165, 1.54) is 13.3 Å². The molecular weight excluding hydrogens is 196 g/mol. The molecule has 2 aromatic heterocycles. The molecule has 0 aliphatic carbocycles. The Morgan fingerprint density at radius 3 is 2.93 bits per heavy atom. The molecule has 0 N–H and O–H groups in total. The van der Waals surface area contributed by atoms with E-state index >= 15 is 0 Å². The number of rotatable bonds is 2. The number of carbonyl (C=O) groups excluding carboxylic acids is 1. The molecule has 2 heterocycles. The van der Waals surface area contributed by atoms with Crippen LogP contribution in [0.15, 0.2) is 24.5 Å². The summed E-state index contributed by atoms with van der Waals surface area (Å²) in [4.78, 5) is 11.4. The van der Waals surface area contributed by atoms with Crippen LogP contribution in [-0.4, -0.2) is 29.8 Å². The zero-order valence-electron chi connectivity index (χ0n) is 8.43. The fraction of sp³-hybridized carbons (Fsp3) is 0.200. The lowest BCUT2D eigenvalue weighted by Crippen LogP contribution is -2.01. The molecule has 2 rings (SSSR count). The van der Waals surface area contributed by atoms with E-state index in [1.54, 1.807) is 30.0 Å². The van der Waals surface area contributed by atoms with Crippen LogP contribution in [0.2, 0.25) is 0 Å². The number of carbonyl (C=O) groups is 1. The molecule has 0 bridgehead atoms. The molecule has 0 saturated carbocycles. The molecular formula is C10H10N2O3. The molecule has 15 heavy (non-hydrogen) atoms. The third-order valence-corrected chi connectivity index (χ3v) is 2.13. The predicted octanol–water partition coefficient (Wildman–Crippen LogP) is 1.13. The normalized spacial score (nSPS) is 10.3. The molecule has 0 spiro atoms. The van der Waals surface area contributed by atoms with Gasteiger partial charge in [0.05, 0.1) is 20.4 Å². The van der Waals surface area contributed by atoms with Gasteiger partial charge in [-0.2, -0.15) is 5.10 Å². The lowest BCUT2D eigenvalue weighted by Gasteiger charge is -2.03. The lowest BCUT2D eigenvalue weighted by atomic mass is 10.2. The van der Waals surface area contributed by atoms with Gasteiger partial charge >= 0.3 is 5.97 Å². The monoisotopic (exact) mass is 206 g/mol. The first kappa shape index (κ1) is 9.51. The molecule has 5 heteroatoms. The van der Waals surface area contributed by atoms with Crippen molar-refractivity contribution in [1.82, 2.24) is 9.61 Å². The van der Waals surface area contributed by atoms with Gasteiger partial charge < -0.3 is 9.47 Å². The van der Waals surface area contributed by atoms with Gasteiger partial charge in [0.2, 0.25) is 0 Å². The summed E-state index contributed by atoms with van der Waals surface area (Å²) in [5.41, 5.74) is 1.02. The number of hydrogen-bond donors (Lipinski definition) is 0. The molecule has 0 unspecified atom stereocenters. The van der Waals surface area contributed by atoms with Crippen molar-refractivity contribution in [2.75, 3.05) is 14.2 Å². The van der Waals surface area contributed by atoms with Crippen LogP contribution in [0.4, 0.5) is 0 Å². The fourth-order valence-corrected chi connectivity index (χ4v) is 1.44. The van der Waals surface area contributed by atoms with Crippen molar-refractivity contribution >= 4 is 11.5 Å². The largest absolute Gasteiger partial charge is 0.494 e. The standard InChI is InChI=1S/C10H10N2O3/c1-14-8-4-3-5-12-9(8)7(6-11-12)10(13)15-2/h3-6H,1-2H3. The van der Waals surface area contributed by atoms with Gasteiger partial charge in [-0.1, -0.05) is 0 Å². The van der Waals surface area contributed by atoms with Gasteiger partial charge in [0.1, 0.15) is 16.8 Å². The smallest absolute Gasteiger partial charge is 0.341 e. The van der Waals surface area contributed by atoms with Crippen LogP contribution in [0.1, 0.15) is 10.4 Å². The van der Waals surface area contributed by atoms with Crippen molar-refractivity contribution in [3.8, 4) is 5.75 Å². The van der Waals surface area contributed by atoms with Crippen LogP contribution in [0.25, 0.3) is 5.52 Å². The van der Waals surface area contributed by atoms with Gasteiger partial charge in [0.15, 0.2) is 0 Å². The maximum Gasteiger partial charge on any atom is 0.341 e. The van der Waals surface area contributed by atoms with Crippen molar-refractivity contribution in [3.63, 3.8) is 0 Å². The summed E-state index contributed by atoms with van der Waals surface area (Å²) in [7, 11) is 2.88. The van der Waals surface area contributed by atoms with Crippen LogP contribution in [0.5, 0.6) is 5.75 Å². The van der Waals surface area contributed by atoms with E-state index in [-0.39, 0.29) is 0 Å². The van der Waals surface area contributed by atoms with E-state index in [9.17, 15) is 4.79 Å². The Balaban J connectivity index is 2.71. The van der Waals surface area contributed by atoms with Crippen molar-refractivity contribution < 1.29 is 14.3 Å². The highest BCUT2D eigenvalue weighted by Gasteiger charge is 2.16. The van der Waals surface area contributed by atoms with E-state index in [1.807, 2.05) is 0 Å². The SMILES string of the molecule is COC(=O)c1cnn2cccc(OC)c12. The second-order valence-corrected chi connectivity index (χ2v) is 2.92. The van der Waals surface area contributed by atoms with Crippen molar-refractivity contribution in [1.29, 1.82) is 0 Å². The summed E-state index contributed by atoms with van der Waals surface area (Å²) < 4.78 is 11.4. The van der Waals surface area contributed by atoms with E-state index in [0.29, 0.717) is 16.8 Å². The Morgan fingerprint density at radius 2 is 2.27 bits per heavy atom. The topological polar surface area (TPSA) is 52.8 Å². The summed E-state index contributed by atoms with van der Waals surface area (Å²) in [5, 5.41) is 4.03. The fourth-order valence-electron chi connectivity index (χ4n) is 1.44. The minimum Gasteiger partial charge on any atom is -0.494 e. The van der Waals surface area contributed by atoms with Crippen molar-refractivity contribution in [2.24, 2.45) is 0 Å². The maximum atomic E-state index is 11.4. The number of hydrogen-bond acceptors (Lipinski definition) is 4. The first-order valence-corrected chi connectivity index (χ1v) is 4.36. The van der Waals surface area contributed by atoms with E-state index in [2.05, 4.69) is 9.84 Å². The molecule has 0 atom stereocenters. The van der Waals surface area contributed by atoms with Gasteiger partial charge in [-0.3, -0.25) is 0 Å². The number of esters is 1. The Hall–Kier alpha value is -2.04. The van der Waals surface area contributed by atoms with Gasteiger partial charge in [-0.15, -0.1) is 0 Å². The minimum absolute atomic E-state index is 0.398. The Kier molecular flexibility index (Phi) is 2.29. The average Bonchev–Trinajstić information content (AvgIpc) is 2.71. The second-order valence-electron chi connectivity index (χ2n) is 2.92. The molecule has 2 aromatic rings. The molecule has 0 aliphatic heterocycles. The molecule has 0 radical (unpaired) electrons. The molecule has 78 valence electrons. The first-order valence-electron chi connectivity index (χ1n) is 4.36. The third-order valence-electron chi connectivity index (χ3n) is 2.13. The van der Waals surface area contributed by atoms with Gasteiger partial charge in [-0.25, -0.2) is 9.31 Å². The molecule has 0 aliphatic rings. The van der Waals surface area contributed by atoms with Gasteiger partial charge in [-0.05, 0) is 12.1 Å². The number of nitrogens with zero attached hydrogens (tertiary/aromatic N) is 2. The van der Waals surface area contributed by atoms with Crippen LogP contribution < -0.4 is 4.74 Å². The molecule has 0 saturated heterocycles. The Morgan fingerprint density at radius 1 is 1.47 bits per heavy atom. The summed E-state index contributed by atoms with van der Waals surface area (Å²) in [6.07, 6.45) is 3.20. The molecule has 0 amide bonds. The van der Waals surface area contributed by atoms with Crippen LogP contribution in [0, 0.1) is 0 Å². The Labute approximate surface area is 86.2 Å². The first-order chi connectivity index (χ1) is 7.27. The zero-order valence-corrected chi connectivity index (χ0v) is 8.43. The molecule has 5 nitrogen and oxygen atoms in total. The molecule has 0 aromatic carbocycles.